The Labute approximate surface area is 197 Å². The first-order valence-corrected chi connectivity index (χ1v) is 12.6. The Kier molecular flexibility index (Phi) is 11.3. The van der Waals surface area contributed by atoms with E-state index in [1.807, 2.05) is 6.92 Å². The molecule has 2 aliphatic rings. The second-order valence-corrected chi connectivity index (χ2v) is 9.38. The summed E-state index contributed by atoms with van der Waals surface area (Å²) in [5.74, 6) is -2.33. The summed E-state index contributed by atoms with van der Waals surface area (Å²) in [5.41, 5.74) is 4.31. The average Bonchev–Trinajstić information content (AvgIpc) is 3.32. The van der Waals surface area contributed by atoms with E-state index in [1.165, 1.54) is 0 Å². The Balaban J connectivity index is 2.29. The van der Waals surface area contributed by atoms with E-state index in [-0.39, 0.29) is 25.4 Å². The standard InChI is InChI=1S/C24H42N4O5/c1-3-4-13-19(27-18-11-6-7-12-18)20(29)21(30)28(23(32)26-16-10-17-33-2)24(22(25)31)14-8-5-9-15-24/h18-19,27H,3-17H2,1-2H3,(H2,25,31)(H,26,32)/t19-/m0/s1. The lowest BCUT2D eigenvalue weighted by molar-refractivity contribution is -0.151. The lowest BCUT2D eigenvalue weighted by atomic mass is 9.79. The summed E-state index contributed by atoms with van der Waals surface area (Å²) >= 11 is 0. The molecule has 4 amide bonds. The third-order valence-electron chi connectivity index (χ3n) is 6.94. The molecule has 2 fully saturated rings. The van der Waals surface area contributed by atoms with Crippen molar-refractivity contribution in [3.8, 4) is 0 Å². The molecule has 1 atom stereocenters. The van der Waals surface area contributed by atoms with Gasteiger partial charge in [-0.3, -0.25) is 14.4 Å². The van der Waals surface area contributed by atoms with Gasteiger partial charge in [-0.1, -0.05) is 51.9 Å². The predicted octanol–water partition coefficient (Wildman–Crippen LogP) is 2.41. The number of urea groups is 1. The Morgan fingerprint density at radius 3 is 2.30 bits per heavy atom. The third-order valence-corrected chi connectivity index (χ3v) is 6.94. The number of Topliss-reactive ketones (excluding diaryl/α,β-unsaturated/α-hetero) is 1. The van der Waals surface area contributed by atoms with E-state index >= 15 is 0 Å². The fourth-order valence-corrected chi connectivity index (χ4v) is 5.02. The van der Waals surface area contributed by atoms with E-state index in [4.69, 9.17) is 10.5 Å². The number of nitrogens with zero attached hydrogens (tertiary/aromatic N) is 1. The summed E-state index contributed by atoms with van der Waals surface area (Å²) in [6.45, 7) is 2.74. The maximum Gasteiger partial charge on any atom is 0.325 e. The summed E-state index contributed by atoms with van der Waals surface area (Å²) < 4.78 is 5.01. The summed E-state index contributed by atoms with van der Waals surface area (Å²) in [6, 6.07) is -1.21. The lowest BCUT2D eigenvalue weighted by Crippen LogP contribution is -2.66. The maximum atomic E-state index is 13.6. The first-order valence-electron chi connectivity index (χ1n) is 12.6. The molecule has 2 rings (SSSR count). The molecule has 0 unspecified atom stereocenters. The molecule has 0 saturated heterocycles. The lowest BCUT2D eigenvalue weighted by Gasteiger charge is -2.42. The largest absolute Gasteiger partial charge is 0.385 e. The van der Waals surface area contributed by atoms with Crippen LogP contribution in [-0.2, 0) is 19.1 Å². The molecule has 9 heteroatoms. The molecule has 4 N–H and O–H groups in total. The van der Waals surface area contributed by atoms with Gasteiger partial charge in [0.05, 0.1) is 6.04 Å². The Hall–Kier alpha value is -2.00. The van der Waals surface area contributed by atoms with Gasteiger partial charge in [-0.15, -0.1) is 0 Å². The molecule has 2 saturated carbocycles. The van der Waals surface area contributed by atoms with Crippen LogP contribution in [0.4, 0.5) is 4.79 Å². The molecule has 0 aromatic carbocycles. The number of carbonyl (C=O) groups is 4. The van der Waals surface area contributed by atoms with Crippen molar-refractivity contribution in [2.75, 3.05) is 20.3 Å². The fourth-order valence-electron chi connectivity index (χ4n) is 5.02. The van der Waals surface area contributed by atoms with Crippen LogP contribution in [-0.4, -0.2) is 66.4 Å². The van der Waals surface area contributed by atoms with Gasteiger partial charge in [0.2, 0.25) is 11.7 Å². The zero-order chi connectivity index (χ0) is 24.3. The molecular weight excluding hydrogens is 424 g/mol. The van der Waals surface area contributed by atoms with Gasteiger partial charge in [-0.2, -0.15) is 0 Å². The average molecular weight is 467 g/mol. The number of unbranched alkanes of at least 4 members (excludes halogenated alkanes) is 1. The minimum Gasteiger partial charge on any atom is -0.385 e. The van der Waals surface area contributed by atoms with Gasteiger partial charge in [-0.25, -0.2) is 9.69 Å². The molecule has 0 radical (unpaired) electrons. The number of rotatable bonds is 13. The molecule has 0 aliphatic heterocycles. The molecule has 2 aliphatic carbocycles. The zero-order valence-electron chi connectivity index (χ0n) is 20.3. The molecule has 33 heavy (non-hydrogen) atoms. The number of hydrogen-bond donors (Lipinski definition) is 3. The van der Waals surface area contributed by atoms with Crippen molar-refractivity contribution < 1.29 is 23.9 Å². The number of imide groups is 1. The van der Waals surface area contributed by atoms with Gasteiger partial charge in [0.15, 0.2) is 0 Å². The number of ketones is 1. The topological polar surface area (TPSA) is 131 Å². The normalized spacial score (nSPS) is 19.1. The van der Waals surface area contributed by atoms with Gasteiger partial charge >= 0.3 is 11.9 Å². The van der Waals surface area contributed by atoms with Crippen molar-refractivity contribution in [1.82, 2.24) is 15.5 Å². The van der Waals surface area contributed by atoms with Crippen LogP contribution in [0.3, 0.4) is 0 Å². The van der Waals surface area contributed by atoms with E-state index in [0.29, 0.717) is 32.3 Å². The summed E-state index contributed by atoms with van der Waals surface area (Å²) in [5, 5.41) is 6.06. The predicted molar refractivity (Wildman–Crippen MR) is 125 cm³/mol. The quantitative estimate of drug-likeness (QED) is 0.282. The summed E-state index contributed by atoms with van der Waals surface area (Å²) in [4.78, 5) is 53.8. The first kappa shape index (κ1) is 27.2. The van der Waals surface area contributed by atoms with E-state index in [9.17, 15) is 19.2 Å². The minimum atomic E-state index is -1.47. The van der Waals surface area contributed by atoms with Crippen molar-refractivity contribution in [3.63, 3.8) is 0 Å². The molecule has 0 bridgehead atoms. The van der Waals surface area contributed by atoms with E-state index < -0.39 is 35.2 Å². The monoisotopic (exact) mass is 466 g/mol. The molecule has 9 nitrogen and oxygen atoms in total. The molecule has 0 heterocycles. The second-order valence-electron chi connectivity index (χ2n) is 9.38. The van der Waals surface area contributed by atoms with Crippen LogP contribution >= 0.6 is 0 Å². The highest BCUT2D eigenvalue weighted by atomic mass is 16.5. The van der Waals surface area contributed by atoms with Crippen LogP contribution in [0.15, 0.2) is 0 Å². The number of methoxy groups -OCH3 is 1. The van der Waals surface area contributed by atoms with Gasteiger partial charge in [0.1, 0.15) is 5.54 Å². The molecule has 188 valence electrons. The number of carbonyl (C=O) groups excluding carboxylic acids is 4. The van der Waals surface area contributed by atoms with Crippen molar-refractivity contribution in [3.05, 3.63) is 0 Å². The van der Waals surface area contributed by atoms with Gasteiger partial charge in [0.25, 0.3) is 0 Å². The first-order chi connectivity index (χ1) is 15.9. The highest BCUT2D eigenvalue weighted by molar-refractivity contribution is 6.41. The molecular formula is C24H42N4O5. The molecule has 0 spiro atoms. The number of nitrogens with one attached hydrogen (secondary N) is 2. The van der Waals surface area contributed by atoms with Crippen molar-refractivity contribution in [2.45, 2.75) is 108 Å². The van der Waals surface area contributed by atoms with Gasteiger partial charge in [-0.05, 0) is 38.5 Å². The van der Waals surface area contributed by atoms with Crippen LogP contribution in [0.25, 0.3) is 0 Å². The van der Waals surface area contributed by atoms with Crippen molar-refractivity contribution in [2.24, 2.45) is 5.73 Å². The van der Waals surface area contributed by atoms with Crippen molar-refractivity contribution >= 4 is 23.6 Å². The maximum absolute atomic E-state index is 13.6. The molecule has 0 aromatic rings. The third kappa shape index (κ3) is 7.24. The SMILES string of the molecule is CCCC[C@H](NC1CCCC1)C(=O)C(=O)N(C(=O)NCCCOC)C1(C(N)=O)CCCCC1. The number of hydrogen-bond acceptors (Lipinski definition) is 6. The Morgan fingerprint density at radius 2 is 1.73 bits per heavy atom. The van der Waals surface area contributed by atoms with Crippen LogP contribution in [0.5, 0.6) is 0 Å². The van der Waals surface area contributed by atoms with Gasteiger partial charge in [0, 0.05) is 26.3 Å². The smallest absolute Gasteiger partial charge is 0.325 e. The fraction of sp³-hybridized carbons (Fsp3) is 0.833. The minimum absolute atomic E-state index is 0.194. The highest BCUT2D eigenvalue weighted by Gasteiger charge is 2.51. The van der Waals surface area contributed by atoms with Crippen molar-refractivity contribution in [1.29, 1.82) is 0 Å². The highest BCUT2D eigenvalue weighted by Crippen LogP contribution is 2.34. The van der Waals surface area contributed by atoms with E-state index in [2.05, 4.69) is 10.6 Å². The van der Waals surface area contributed by atoms with Crippen LogP contribution < -0.4 is 16.4 Å². The van der Waals surface area contributed by atoms with Crippen LogP contribution in [0, 0.1) is 0 Å². The number of nitrogens with two attached hydrogens (primary N) is 1. The van der Waals surface area contributed by atoms with E-state index in [0.717, 1.165) is 49.8 Å². The number of primary amides is 1. The summed E-state index contributed by atoms with van der Waals surface area (Å²) in [6.07, 6.45) is 9.66. The zero-order valence-corrected chi connectivity index (χ0v) is 20.3. The van der Waals surface area contributed by atoms with E-state index in [1.54, 1.807) is 7.11 Å². The summed E-state index contributed by atoms with van der Waals surface area (Å²) in [7, 11) is 1.56. The molecule has 0 aromatic heterocycles. The van der Waals surface area contributed by atoms with Gasteiger partial charge < -0.3 is 21.1 Å². The number of ether oxygens (including phenoxy) is 1. The second kappa shape index (κ2) is 13.6. The Morgan fingerprint density at radius 1 is 1.06 bits per heavy atom. The van der Waals surface area contributed by atoms with Crippen LogP contribution in [0.2, 0.25) is 0 Å². The van der Waals surface area contributed by atoms with Crippen LogP contribution in [0.1, 0.15) is 90.4 Å². The Bertz CT molecular complexity index is 672. The number of amides is 4.